The zero-order valence-electron chi connectivity index (χ0n) is 17.8. The van der Waals surface area contributed by atoms with Gasteiger partial charge in [-0.3, -0.25) is 4.98 Å². The smallest absolute Gasteiger partial charge is 0.407 e. The average Bonchev–Trinajstić information content (AvgIpc) is 2.67. The van der Waals surface area contributed by atoms with Crippen LogP contribution in [0.4, 0.5) is 4.79 Å². The number of carbonyl (C=O) groups is 1. The summed E-state index contributed by atoms with van der Waals surface area (Å²) < 4.78 is 10.7. The van der Waals surface area contributed by atoms with Gasteiger partial charge in [0, 0.05) is 17.6 Å². The molecule has 0 spiro atoms. The van der Waals surface area contributed by atoms with Gasteiger partial charge in [0.1, 0.15) is 11.4 Å². The minimum atomic E-state index is -0.493. The molecule has 1 heterocycles. The van der Waals surface area contributed by atoms with Crippen LogP contribution in [-0.4, -0.2) is 41.0 Å². The number of carbonyl (C=O) groups excluding carboxylic acids is 1. The fourth-order valence-electron chi connectivity index (χ4n) is 4.00. The lowest BCUT2D eigenvalue weighted by molar-refractivity contribution is 0.0451. The molecule has 0 unspecified atom stereocenters. The Kier molecular flexibility index (Phi) is 6.63. The van der Waals surface area contributed by atoms with Crippen molar-refractivity contribution in [1.82, 2.24) is 10.3 Å². The highest BCUT2D eigenvalue weighted by Gasteiger charge is 2.28. The van der Waals surface area contributed by atoms with E-state index in [-0.39, 0.29) is 18.1 Å². The highest BCUT2D eigenvalue weighted by molar-refractivity contribution is 5.83. The Labute approximate surface area is 172 Å². The van der Waals surface area contributed by atoms with Crippen LogP contribution < -0.4 is 10.1 Å². The normalized spacial score (nSPS) is 20.9. The summed E-state index contributed by atoms with van der Waals surface area (Å²) in [4.78, 5) is 16.4. The maximum atomic E-state index is 12.0. The number of alkyl carbamates (subject to hydrolysis) is 1. The minimum absolute atomic E-state index is 0.110. The fraction of sp³-hybridized carbons (Fsp3) is 0.565. The number of hydrogen-bond donors (Lipinski definition) is 2. The third kappa shape index (κ3) is 5.82. The molecule has 1 fully saturated rings. The Morgan fingerprint density at radius 2 is 1.97 bits per heavy atom. The fourth-order valence-corrected chi connectivity index (χ4v) is 4.00. The van der Waals surface area contributed by atoms with E-state index >= 15 is 0 Å². The van der Waals surface area contributed by atoms with E-state index in [1.165, 1.54) is 0 Å². The Morgan fingerprint density at radius 1 is 1.24 bits per heavy atom. The van der Waals surface area contributed by atoms with Gasteiger partial charge < -0.3 is 19.9 Å². The maximum absolute atomic E-state index is 12.0. The van der Waals surface area contributed by atoms with E-state index < -0.39 is 11.7 Å². The summed E-state index contributed by atoms with van der Waals surface area (Å²) in [5, 5.41) is 14.8. The van der Waals surface area contributed by atoms with E-state index in [9.17, 15) is 9.90 Å². The van der Waals surface area contributed by atoms with Crippen LogP contribution >= 0.6 is 0 Å². The molecule has 2 aromatic rings. The van der Waals surface area contributed by atoms with Gasteiger partial charge in [-0.15, -0.1) is 0 Å². The van der Waals surface area contributed by atoms with Crippen LogP contribution in [0.1, 0.15) is 52.0 Å². The van der Waals surface area contributed by atoms with E-state index in [2.05, 4.69) is 10.3 Å². The molecule has 0 radical (unpaired) electrons. The number of amides is 1. The number of aromatic nitrogens is 1. The number of fused-ring (bicyclic) bond motifs is 1. The van der Waals surface area contributed by atoms with Gasteiger partial charge in [-0.25, -0.2) is 4.79 Å². The number of aliphatic hydroxyl groups excluding tert-OH is 1. The molecule has 1 aromatic carbocycles. The van der Waals surface area contributed by atoms with Gasteiger partial charge >= 0.3 is 6.09 Å². The zero-order chi connectivity index (χ0) is 21.0. The molecule has 1 aliphatic carbocycles. The lowest BCUT2D eigenvalue weighted by Gasteiger charge is -2.32. The first-order valence-corrected chi connectivity index (χ1v) is 10.3. The summed E-state index contributed by atoms with van der Waals surface area (Å²) >= 11 is 0. The molecule has 1 saturated carbocycles. The monoisotopic (exact) mass is 400 g/mol. The van der Waals surface area contributed by atoms with Crippen LogP contribution in [0.2, 0.25) is 0 Å². The molecule has 6 nitrogen and oxygen atoms in total. The Hall–Kier alpha value is -2.34. The van der Waals surface area contributed by atoms with E-state index in [0.29, 0.717) is 6.42 Å². The van der Waals surface area contributed by atoms with Gasteiger partial charge in [-0.2, -0.15) is 0 Å². The number of rotatable bonds is 5. The van der Waals surface area contributed by atoms with E-state index in [4.69, 9.17) is 9.47 Å². The first kappa shape index (κ1) is 21.4. The number of aliphatic hydroxyl groups is 1. The van der Waals surface area contributed by atoms with Crippen LogP contribution in [0.25, 0.3) is 10.9 Å². The molecule has 2 N–H and O–H groups in total. The second-order valence-electron chi connectivity index (χ2n) is 8.88. The van der Waals surface area contributed by atoms with Crippen molar-refractivity contribution in [2.45, 2.75) is 70.6 Å². The van der Waals surface area contributed by atoms with E-state index in [0.717, 1.165) is 47.9 Å². The van der Waals surface area contributed by atoms with Crippen molar-refractivity contribution in [2.75, 3.05) is 7.11 Å². The average molecular weight is 401 g/mol. The third-order valence-electron chi connectivity index (χ3n) is 5.50. The highest BCUT2D eigenvalue weighted by atomic mass is 16.6. The van der Waals surface area contributed by atoms with Crippen LogP contribution in [0.5, 0.6) is 5.75 Å². The number of nitrogens with one attached hydrogen (secondary N) is 1. The summed E-state index contributed by atoms with van der Waals surface area (Å²) in [7, 11) is 1.65. The predicted octanol–water partition coefficient (Wildman–Crippen LogP) is 4.23. The van der Waals surface area contributed by atoms with Crippen LogP contribution in [0.3, 0.4) is 0 Å². The zero-order valence-corrected chi connectivity index (χ0v) is 17.8. The Morgan fingerprint density at radius 3 is 2.62 bits per heavy atom. The molecule has 3 rings (SSSR count). The summed E-state index contributed by atoms with van der Waals surface area (Å²) in [6.45, 7) is 5.58. The van der Waals surface area contributed by atoms with Crippen molar-refractivity contribution < 1.29 is 19.4 Å². The largest absolute Gasteiger partial charge is 0.497 e. The van der Waals surface area contributed by atoms with E-state index in [1.54, 1.807) is 13.3 Å². The second-order valence-corrected chi connectivity index (χ2v) is 8.88. The topological polar surface area (TPSA) is 80.7 Å². The molecule has 1 atom stereocenters. The Balaban J connectivity index is 1.57. The first-order valence-electron chi connectivity index (χ1n) is 10.3. The van der Waals surface area contributed by atoms with Crippen molar-refractivity contribution in [3.05, 3.63) is 36.0 Å². The molecule has 158 valence electrons. The number of pyridine rings is 1. The van der Waals surface area contributed by atoms with Gasteiger partial charge in [0.25, 0.3) is 0 Å². The van der Waals surface area contributed by atoms with Gasteiger partial charge in [-0.1, -0.05) is 0 Å². The van der Waals surface area contributed by atoms with Crippen molar-refractivity contribution in [1.29, 1.82) is 0 Å². The van der Waals surface area contributed by atoms with Crippen molar-refractivity contribution >= 4 is 17.0 Å². The van der Waals surface area contributed by atoms with Crippen LogP contribution in [-0.2, 0) is 11.2 Å². The molecule has 0 bridgehead atoms. The molecule has 6 heteroatoms. The lowest BCUT2D eigenvalue weighted by atomic mass is 9.81. The van der Waals surface area contributed by atoms with Crippen LogP contribution in [0, 0.1) is 5.92 Å². The third-order valence-corrected chi connectivity index (χ3v) is 5.50. The number of ether oxygens (including phenoxy) is 2. The second kappa shape index (κ2) is 8.99. The van der Waals surface area contributed by atoms with Crippen molar-refractivity contribution in [3.63, 3.8) is 0 Å². The van der Waals surface area contributed by atoms with Gasteiger partial charge in [0.05, 0.1) is 18.7 Å². The summed E-state index contributed by atoms with van der Waals surface area (Å²) in [6, 6.07) is 7.90. The molecule has 1 aliphatic rings. The molecule has 29 heavy (non-hydrogen) atoms. The predicted molar refractivity (Wildman–Crippen MR) is 113 cm³/mol. The number of benzene rings is 1. The SMILES string of the molecule is COc1ccc2nccc(C[C@H](O)[C@H]3CC[C@H](NC(=O)OC(C)(C)C)CC3)c2c1. The van der Waals surface area contributed by atoms with Crippen LogP contribution in [0.15, 0.2) is 30.5 Å². The molecule has 1 aromatic heterocycles. The minimum Gasteiger partial charge on any atom is -0.497 e. The molecule has 0 aliphatic heterocycles. The summed E-state index contributed by atoms with van der Waals surface area (Å²) in [5.41, 5.74) is 1.49. The van der Waals surface area contributed by atoms with Crippen molar-refractivity contribution in [3.8, 4) is 5.75 Å². The quantitative estimate of drug-likeness (QED) is 0.785. The van der Waals surface area contributed by atoms with Gasteiger partial charge in [0.2, 0.25) is 0 Å². The highest BCUT2D eigenvalue weighted by Crippen LogP contribution is 2.30. The van der Waals surface area contributed by atoms with Crippen molar-refractivity contribution in [2.24, 2.45) is 5.92 Å². The molecular formula is C23H32N2O4. The van der Waals surface area contributed by atoms with Gasteiger partial charge in [0.15, 0.2) is 0 Å². The summed E-state index contributed by atoms with van der Waals surface area (Å²) in [6.07, 6.45) is 5.06. The Bertz CT molecular complexity index is 838. The molecular weight excluding hydrogens is 368 g/mol. The number of nitrogens with zero attached hydrogens (tertiary/aromatic N) is 1. The maximum Gasteiger partial charge on any atom is 0.407 e. The standard InChI is InChI=1S/C23H32N2O4/c1-23(2,3)29-22(27)25-17-7-5-15(6-8-17)21(26)13-16-11-12-24-20-10-9-18(28-4)14-19(16)20/h9-12,14-15,17,21,26H,5-8,13H2,1-4H3,(H,25,27)/t15-,17-,21-/m0/s1. The van der Waals surface area contributed by atoms with E-state index in [1.807, 2.05) is 45.0 Å². The lowest BCUT2D eigenvalue weighted by Crippen LogP contribution is -2.42. The molecule has 1 amide bonds. The first-order chi connectivity index (χ1) is 13.7. The number of methoxy groups -OCH3 is 1. The summed E-state index contributed by atoms with van der Waals surface area (Å²) in [5.74, 6) is 1.01. The molecule has 0 saturated heterocycles. The van der Waals surface area contributed by atoms with Gasteiger partial charge in [-0.05, 0) is 88.6 Å². The number of hydrogen-bond acceptors (Lipinski definition) is 5.